The Morgan fingerprint density at radius 3 is 3.00 bits per heavy atom. The summed E-state index contributed by atoms with van der Waals surface area (Å²) in [6, 6.07) is 4.92. The number of nitro groups is 1. The topological polar surface area (TPSA) is 58.4 Å². The van der Waals surface area contributed by atoms with E-state index in [1.165, 1.54) is 19.4 Å². The van der Waals surface area contributed by atoms with Gasteiger partial charge in [0.15, 0.2) is 0 Å². The van der Waals surface area contributed by atoms with Crippen molar-refractivity contribution in [3.63, 3.8) is 0 Å². The smallest absolute Gasteiger partial charge is 0.270 e. The summed E-state index contributed by atoms with van der Waals surface area (Å²) in [5, 5.41) is 14.1. The molecular weight excluding hydrogens is 322 g/mol. The molecule has 20 heavy (non-hydrogen) atoms. The lowest BCUT2D eigenvalue weighted by molar-refractivity contribution is -0.384. The van der Waals surface area contributed by atoms with Crippen LogP contribution < -0.4 is 5.32 Å². The van der Waals surface area contributed by atoms with Crippen LogP contribution in [0, 0.1) is 16.0 Å². The van der Waals surface area contributed by atoms with Crippen molar-refractivity contribution in [2.75, 3.05) is 26.7 Å². The lowest BCUT2D eigenvalue weighted by atomic mass is 9.98. The number of nitrogens with zero attached hydrogens (tertiary/aromatic N) is 2. The average molecular weight is 342 g/mol. The largest absolute Gasteiger partial charge is 0.312 e. The highest BCUT2D eigenvalue weighted by Crippen LogP contribution is 2.23. The molecule has 0 bridgehead atoms. The minimum absolute atomic E-state index is 0.120. The molecule has 1 atom stereocenters. The number of nitro benzene ring substituents is 1. The third-order valence-corrected chi connectivity index (χ3v) is 4.46. The van der Waals surface area contributed by atoms with Crippen LogP contribution in [0.15, 0.2) is 22.7 Å². The van der Waals surface area contributed by atoms with E-state index in [1.807, 2.05) is 6.07 Å². The van der Waals surface area contributed by atoms with Gasteiger partial charge in [-0.1, -0.05) is 15.9 Å². The lowest BCUT2D eigenvalue weighted by Crippen LogP contribution is -2.37. The summed E-state index contributed by atoms with van der Waals surface area (Å²) >= 11 is 3.40. The molecule has 6 heteroatoms. The van der Waals surface area contributed by atoms with Gasteiger partial charge in [-0.2, -0.15) is 0 Å². The number of likely N-dealkylation sites (tertiary alicyclic amines) is 1. The van der Waals surface area contributed by atoms with E-state index in [0.29, 0.717) is 5.92 Å². The van der Waals surface area contributed by atoms with Crippen LogP contribution in [-0.4, -0.2) is 36.5 Å². The van der Waals surface area contributed by atoms with Gasteiger partial charge in [0.1, 0.15) is 0 Å². The normalized spacial score (nSPS) is 20.0. The number of hydrogen-bond donors (Lipinski definition) is 1. The summed E-state index contributed by atoms with van der Waals surface area (Å²) in [7, 11) is 2.17. The van der Waals surface area contributed by atoms with Crippen molar-refractivity contribution in [3.8, 4) is 0 Å². The summed E-state index contributed by atoms with van der Waals surface area (Å²) in [5.74, 6) is 0.700. The number of nitrogens with one attached hydrogen (secondary N) is 1. The third-order valence-electron chi connectivity index (χ3n) is 3.72. The van der Waals surface area contributed by atoms with E-state index >= 15 is 0 Å². The average Bonchev–Trinajstić information content (AvgIpc) is 2.40. The van der Waals surface area contributed by atoms with Crippen LogP contribution in [0.3, 0.4) is 0 Å². The van der Waals surface area contributed by atoms with Crippen molar-refractivity contribution in [1.29, 1.82) is 0 Å². The highest BCUT2D eigenvalue weighted by molar-refractivity contribution is 9.10. The van der Waals surface area contributed by atoms with Gasteiger partial charge in [0.25, 0.3) is 5.69 Å². The van der Waals surface area contributed by atoms with E-state index in [-0.39, 0.29) is 10.6 Å². The van der Waals surface area contributed by atoms with Crippen LogP contribution >= 0.6 is 15.9 Å². The molecule has 1 aromatic carbocycles. The van der Waals surface area contributed by atoms with Crippen LogP contribution in [0.25, 0.3) is 0 Å². The van der Waals surface area contributed by atoms with E-state index in [0.717, 1.165) is 29.7 Å². The van der Waals surface area contributed by atoms with Crippen molar-refractivity contribution < 1.29 is 4.92 Å². The van der Waals surface area contributed by atoms with Crippen LogP contribution in [0.5, 0.6) is 0 Å². The first-order valence-corrected chi connectivity index (χ1v) is 7.67. The number of hydrogen-bond acceptors (Lipinski definition) is 4. The second kappa shape index (κ2) is 7.15. The number of benzene rings is 1. The number of non-ortho nitro benzene ring substituents is 1. The van der Waals surface area contributed by atoms with Crippen molar-refractivity contribution in [2.45, 2.75) is 19.4 Å². The van der Waals surface area contributed by atoms with Gasteiger partial charge in [-0.15, -0.1) is 0 Å². The standard InChI is InChI=1S/C14H20BrN3O2/c1-17-6-2-3-11(10-17)8-16-9-12-4-5-13(18(19)20)7-14(12)15/h4-5,7,11,16H,2-3,6,8-10H2,1H3. The molecule has 1 aromatic rings. The Bertz CT molecular complexity index is 481. The van der Waals surface area contributed by atoms with Crippen molar-refractivity contribution in [1.82, 2.24) is 10.2 Å². The van der Waals surface area contributed by atoms with Crippen molar-refractivity contribution in [3.05, 3.63) is 38.3 Å². The number of rotatable bonds is 5. The summed E-state index contributed by atoms with van der Waals surface area (Å²) < 4.78 is 0.792. The summed E-state index contributed by atoms with van der Waals surface area (Å²) in [5.41, 5.74) is 1.18. The van der Waals surface area contributed by atoms with Gasteiger partial charge in [0.2, 0.25) is 0 Å². The van der Waals surface area contributed by atoms with Crippen LogP contribution in [0.4, 0.5) is 5.69 Å². The zero-order valence-corrected chi connectivity index (χ0v) is 13.2. The Kier molecular flexibility index (Phi) is 5.51. The van der Waals surface area contributed by atoms with E-state index in [1.54, 1.807) is 12.1 Å². The maximum Gasteiger partial charge on any atom is 0.270 e. The van der Waals surface area contributed by atoms with Gasteiger partial charge in [0, 0.05) is 29.7 Å². The minimum Gasteiger partial charge on any atom is -0.312 e. The zero-order chi connectivity index (χ0) is 14.5. The molecule has 0 aliphatic carbocycles. The monoisotopic (exact) mass is 341 g/mol. The fraction of sp³-hybridized carbons (Fsp3) is 0.571. The fourth-order valence-corrected chi connectivity index (χ4v) is 3.15. The molecule has 1 aliphatic rings. The molecule has 0 radical (unpaired) electrons. The molecule has 0 aromatic heterocycles. The van der Waals surface area contributed by atoms with Crippen LogP contribution in [0.1, 0.15) is 18.4 Å². The van der Waals surface area contributed by atoms with Gasteiger partial charge in [-0.05, 0) is 50.5 Å². The molecule has 1 fully saturated rings. The molecule has 0 spiro atoms. The summed E-state index contributed by atoms with van der Waals surface area (Å²) in [6.45, 7) is 4.07. The fourth-order valence-electron chi connectivity index (χ4n) is 2.64. The minimum atomic E-state index is -0.375. The van der Waals surface area contributed by atoms with Crippen LogP contribution in [-0.2, 0) is 6.54 Å². The maximum absolute atomic E-state index is 10.7. The molecular formula is C14H20BrN3O2. The zero-order valence-electron chi connectivity index (χ0n) is 11.6. The Balaban J connectivity index is 1.83. The van der Waals surface area contributed by atoms with Crippen molar-refractivity contribution in [2.24, 2.45) is 5.92 Å². The van der Waals surface area contributed by atoms with E-state index in [4.69, 9.17) is 0 Å². The molecule has 1 unspecified atom stereocenters. The molecule has 110 valence electrons. The molecule has 1 aliphatic heterocycles. The number of halogens is 1. The van der Waals surface area contributed by atoms with Crippen molar-refractivity contribution >= 4 is 21.6 Å². The van der Waals surface area contributed by atoms with Gasteiger partial charge in [0.05, 0.1) is 4.92 Å². The Morgan fingerprint density at radius 2 is 2.35 bits per heavy atom. The van der Waals surface area contributed by atoms with E-state index in [2.05, 4.69) is 33.2 Å². The Morgan fingerprint density at radius 1 is 1.55 bits per heavy atom. The van der Waals surface area contributed by atoms with Gasteiger partial charge in [-0.25, -0.2) is 0 Å². The molecule has 5 nitrogen and oxygen atoms in total. The lowest BCUT2D eigenvalue weighted by Gasteiger charge is -2.29. The quantitative estimate of drug-likeness (QED) is 0.660. The molecule has 1 heterocycles. The summed E-state index contributed by atoms with van der Waals surface area (Å²) in [4.78, 5) is 12.7. The third kappa shape index (κ3) is 4.26. The predicted octanol–water partition coefficient (Wildman–Crippen LogP) is 2.79. The first kappa shape index (κ1) is 15.4. The van der Waals surface area contributed by atoms with E-state index in [9.17, 15) is 10.1 Å². The van der Waals surface area contributed by atoms with E-state index < -0.39 is 0 Å². The first-order valence-electron chi connectivity index (χ1n) is 6.88. The molecule has 0 saturated carbocycles. The highest BCUT2D eigenvalue weighted by atomic mass is 79.9. The van der Waals surface area contributed by atoms with Gasteiger partial charge in [-0.3, -0.25) is 10.1 Å². The van der Waals surface area contributed by atoms with Crippen LogP contribution in [0.2, 0.25) is 0 Å². The van der Waals surface area contributed by atoms with Gasteiger partial charge >= 0.3 is 0 Å². The molecule has 1 N–H and O–H groups in total. The SMILES string of the molecule is CN1CCCC(CNCc2ccc([N+](=O)[O-])cc2Br)C1. The first-order chi connectivity index (χ1) is 9.56. The second-order valence-corrected chi connectivity index (χ2v) is 6.29. The predicted molar refractivity (Wildman–Crippen MR) is 82.7 cm³/mol. The molecule has 2 rings (SSSR count). The highest BCUT2D eigenvalue weighted by Gasteiger charge is 2.16. The molecule has 0 amide bonds. The molecule has 1 saturated heterocycles. The Labute approximate surface area is 127 Å². The number of piperidine rings is 1. The maximum atomic E-state index is 10.7. The second-order valence-electron chi connectivity index (χ2n) is 5.43. The van der Waals surface area contributed by atoms with Gasteiger partial charge < -0.3 is 10.2 Å². The Hall–Kier alpha value is -0.980. The summed E-state index contributed by atoms with van der Waals surface area (Å²) in [6.07, 6.45) is 2.54.